The Morgan fingerprint density at radius 3 is 2.18 bits per heavy atom. The van der Waals surface area contributed by atoms with Crippen LogP contribution in [0, 0.1) is 10.1 Å². The third-order valence-corrected chi connectivity index (χ3v) is 1.54. The molecule has 0 aromatic rings. The van der Waals surface area contributed by atoms with Gasteiger partial charge in [0.05, 0.1) is 0 Å². The van der Waals surface area contributed by atoms with E-state index in [0.29, 0.717) is 6.42 Å². The lowest BCUT2D eigenvalue weighted by atomic mass is 10.1. The molecule has 0 fully saturated rings. The lowest BCUT2D eigenvalue weighted by Gasteiger charge is -1.96. The summed E-state index contributed by atoms with van der Waals surface area (Å²) >= 11 is 0. The highest BCUT2D eigenvalue weighted by molar-refractivity contribution is 4.43. The standard InChI is InChI=1S/C7H16N2O2/c8-6-4-2-1-3-5-7-9(10)11/h1-8H2. The molecule has 0 bridgehead atoms. The fourth-order valence-electron chi connectivity index (χ4n) is 0.916. The Bertz CT molecular complexity index is 107. The first kappa shape index (κ1) is 10.4. The minimum Gasteiger partial charge on any atom is -0.330 e. The zero-order chi connectivity index (χ0) is 8.53. The SMILES string of the molecule is NCCCCCCC[N+](=O)[O-]. The Kier molecular flexibility index (Phi) is 7.03. The van der Waals surface area contributed by atoms with Crippen LogP contribution in [0.4, 0.5) is 0 Å². The van der Waals surface area contributed by atoms with E-state index in [2.05, 4.69) is 0 Å². The molecule has 0 spiro atoms. The Morgan fingerprint density at radius 2 is 1.64 bits per heavy atom. The van der Waals surface area contributed by atoms with Gasteiger partial charge in [0.1, 0.15) is 0 Å². The first-order valence-corrected chi connectivity index (χ1v) is 4.09. The van der Waals surface area contributed by atoms with Gasteiger partial charge in [-0.2, -0.15) is 0 Å². The molecule has 0 radical (unpaired) electrons. The van der Waals surface area contributed by atoms with Crippen molar-refractivity contribution in [2.24, 2.45) is 5.73 Å². The van der Waals surface area contributed by atoms with Crippen LogP contribution in [-0.4, -0.2) is 18.0 Å². The van der Waals surface area contributed by atoms with Crippen LogP contribution in [0.3, 0.4) is 0 Å². The lowest BCUT2D eigenvalue weighted by molar-refractivity contribution is -0.480. The second-order valence-electron chi connectivity index (χ2n) is 2.61. The average molecular weight is 160 g/mol. The number of hydrogen-bond acceptors (Lipinski definition) is 3. The van der Waals surface area contributed by atoms with Gasteiger partial charge in [-0.05, 0) is 19.4 Å². The normalized spacial score (nSPS) is 9.91. The van der Waals surface area contributed by atoms with Crippen LogP contribution in [0.2, 0.25) is 0 Å². The highest BCUT2D eigenvalue weighted by Gasteiger charge is 1.95. The summed E-state index contributed by atoms with van der Waals surface area (Å²) in [5.74, 6) is 0. The summed E-state index contributed by atoms with van der Waals surface area (Å²) in [5.41, 5.74) is 5.28. The van der Waals surface area contributed by atoms with Crippen molar-refractivity contribution in [1.82, 2.24) is 0 Å². The van der Waals surface area contributed by atoms with Gasteiger partial charge in [-0.15, -0.1) is 0 Å². The number of nitrogens with two attached hydrogens (primary N) is 1. The first-order valence-electron chi connectivity index (χ1n) is 4.09. The van der Waals surface area contributed by atoms with Gasteiger partial charge >= 0.3 is 0 Å². The summed E-state index contributed by atoms with van der Waals surface area (Å²) < 4.78 is 0. The van der Waals surface area contributed by atoms with E-state index in [0.717, 1.165) is 32.2 Å². The summed E-state index contributed by atoms with van der Waals surface area (Å²) in [4.78, 5) is 9.61. The second kappa shape index (κ2) is 7.47. The molecule has 0 aliphatic carbocycles. The second-order valence-corrected chi connectivity index (χ2v) is 2.61. The maximum atomic E-state index is 9.87. The van der Waals surface area contributed by atoms with Gasteiger partial charge in [-0.1, -0.05) is 12.8 Å². The molecule has 11 heavy (non-hydrogen) atoms. The fraction of sp³-hybridized carbons (Fsp3) is 1.00. The Labute approximate surface area is 66.9 Å². The molecular weight excluding hydrogens is 144 g/mol. The predicted molar refractivity (Wildman–Crippen MR) is 44.0 cm³/mol. The van der Waals surface area contributed by atoms with Crippen molar-refractivity contribution < 1.29 is 4.92 Å². The molecule has 0 atom stereocenters. The van der Waals surface area contributed by atoms with Crippen LogP contribution >= 0.6 is 0 Å². The van der Waals surface area contributed by atoms with E-state index in [1.54, 1.807) is 0 Å². The Balaban J connectivity index is 2.85. The van der Waals surface area contributed by atoms with Gasteiger partial charge in [0.2, 0.25) is 6.54 Å². The predicted octanol–water partition coefficient (Wildman–Crippen LogP) is 1.17. The number of hydrogen-bond donors (Lipinski definition) is 1. The molecular formula is C7H16N2O2. The van der Waals surface area contributed by atoms with Crippen LogP contribution in [0.5, 0.6) is 0 Å². The molecule has 0 aromatic carbocycles. The quantitative estimate of drug-likeness (QED) is 0.345. The van der Waals surface area contributed by atoms with E-state index in [9.17, 15) is 10.1 Å². The van der Waals surface area contributed by atoms with E-state index in [4.69, 9.17) is 5.73 Å². The van der Waals surface area contributed by atoms with Crippen LogP contribution < -0.4 is 5.73 Å². The summed E-state index contributed by atoms with van der Waals surface area (Å²) in [5, 5.41) is 9.87. The molecule has 0 aliphatic rings. The van der Waals surface area contributed by atoms with Crippen molar-refractivity contribution >= 4 is 0 Å². The third kappa shape index (κ3) is 9.36. The fourth-order valence-corrected chi connectivity index (χ4v) is 0.916. The Hall–Kier alpha value is -0.640. The number of rotatable bonds is 7. The van der Waals surface area contributed by atoms with Crippen molar-refractivity contribution in [3.63, 3.8) is 0 Å². The first-order chi connectivity index (χ1) is 5.27. The maximum absolute atomic E-state index is 9.87. The van der Waals surface area contributed by atoms with Gasteiger partial charge < -0.3 is 5.73 Å². The topological polar surface area (TPSA) is 69.2 Å². The van der Waals surface area contributed by atoms with E-state index in [-0.39, 0.29) is 11.5 Å². The van der Waals surface area contributed by atoms with E-state index in [1.807, 2.05) is 0 Å². The summed E-state index contributed by atoms with van der Waals surface area (Å²) in [6, 6.07) is 0. The van der Waals surface area contributed by atoms with Crippen molar-refractivity contribution in [2.75, 3.05) is 13.1 Å². The van der Waals surface area contributed by atoms with Gasteiger partial charge in [0.25, 0.3) is 0 Å². The van der Waals surface area contributed by atoms with Crippen LogP contribution in [0.15, 0.2) is 0 Å². The van der Waals surface area contributed by atoms with Crippen molar-refractivity contribution in [1.29, 1.82) is 0 Å². The van der Waals surface area contributed by atoms with Crippen molar-refractivity contribution in [2.45, 2.75) is 32.1 Å². The molecule has 0 rings (SSSR count). The highest BCUT2D eigenvalue weighted by Crippen LogP contribution is 2.01. The largest absolute Gasteiger partial charge is 0.330 e. The molecule has 0 aromatic heterocycles. The highest BCUT2D eigenvalue weighted by atomic mass is 16.6. The minimum absolute atomic E-state index is 0.114. The van der Waals surface area contributed by atoms with Crippen LogP contribution in [-0.2, 0) is 0 Å². The molecule has 4 heteroatoms. The molecule has 0 aliphatic heterocycles. The number of nitro groups is 1. The maximum Gasteiger partial charge on any atom is 0.203 e. The Morgan fingerprint density at radius 1 is 1.09 bits per heavy atom. The molecule has 0 saturated carbocycles. The lowest BCUT2D eigenvalue weighted by Crippen LogP contribution is -2.00. The molecule has 4 nitrogen and oxygen atoms in total. The van der Waals surface area contributed by atoms with E-state index < -0.39 is 0 Å². The molecule has 0 unspecified atom stereocenters. The zero-order valence-corrected chi connectivity index (χ0v) is 6.79. The summed E-state index contributed by atoms with van der Waals surface area (Å²) in [6.07, 6.45) is 4.89. The molecule has 66 valence electrons. The molecule has 2 N–H and O–H groups in total. The van der Waals surface area contributed by atoms with Gasteiger partial charge in [0.15, 0.2) is 0 Å². The van der Waals surface area contributed by atoms with Gasteiger partial charge in [-0.3, -0.25) is 10.1 Å². The van der Waals surface area contributed by atoms with Gasteiger partial charge in [0, 0.05) is 11.3 Å². The number of nitrogens with zero attached hydrogens (tertiary/aromatic N) is 1. The molecule has 0 heterocycles. The van der Waals surface area contributed by atoms with E-state index in [1.165, 1.54) is 0 Å². The van der Waals surface area contributed by atoms with Crippen LogP contribution in [0.25, 0.3) is 0 Å². The summed E-state index contributed by atoms with van der Waals surface area (Å²) in [7, 11) is 0. The summed E-state index contributed by atoms with van der Waals surface area (Å²) in [6.45, 7) is 0.845. The smallest absolute Gasteiger partial charge is 0.203 e. The molecule has 0 amide bonds. The van der Waals surface area contributed by atoms with Crippen molar-refractivity contribution in [3.05, 3.63) is 10.1 Å². The van der Waals surface area contributed by atoms with E-state index >= 15 is 0 Å². The van der Waals surface area contributed by atoms with Crippen molar-refractivity contribution in [3.8, 4) is 0 Å². The third-order valence-electron chi connectivity index (χ3n) is 1.54. The van der Waals surface area contributed by atoms with Gasteiger partial charge in [-0.25, -0.2) is 0 Å². The zero-order valence-electron chi connectivity index (χ0n) is 6.79. The average Bonchev–Trinajstić information content (AvgIpc) is 1.96. The monoisotopic (exact) mass is 160 g/mol. The minimum atomic E-state index is -0.261. The number of unbranched alkanes of at least 4 members (excludes halogenated alkanes) is 4. The van der Waals surface area contributed by atoms with Crippen LogP contribution in [0.1, 0.15) is 32.1 Å². The molecule has 0 saturated heterocycles.